The molecule has 0 saturated carbocycles. The number of halogens is 8. The summed E-state index contributed by atoms with van der Waals surface area (Å²) in [5, 5.41) is 21.9. The topological polar surface area (TPSA) is 137 Å². The molecule has 242 valence electrons. The Balaban J connectivity index is 0.000000426. The highest BCUT2D eigenvalue weighted by atomic mass is 35.5. The molecule has 1 fully saturated rings. The van der Waals surface area contributed by atoms with Crippen molar-refractivity contribution < 1.29 is 55.3 Å². The second kappa shape index (κ2) is 16.8. The predicted octanol–water partition coefficient (Wildman–Crippen LogP) is 6.63. The number of nitrogens with zero attached hydrogens (tertiary/aromatic N) is 4. The third kappa shape index (κ3) is 11.3. The number of amides is 1. The van der Waals surface area contributed by atoms with Gasteiger partial charge in [0.1, 0.15) is 11.6 Å². The van der Waals surface area contributed by atoms with Crippen LogP contribution in [0.3, 0.4) is 0 Å². The van der Waals surface area contributed by atoms with Crippen LogP contribution in [-0.2, 0) is 9.59 Å². The van der Waals surface area contributed by atoms with Gasteiger partial charge in [-0.15, -0.1) is 5.10 Å². The lowest BCUT2D eigenvalue weighted by Gasteiger charge is -2.26. The number of carboxylic acid groups (broad SMARTS) is 2. The number of aliphatic carboxylic acids is 1. The number of imidazole rings is 1. The molecule has 4 aromatic rings. The lowest BCUT2D eigenvalue weighted by Crippen LogP contribution is -2.24. The van der Waals surface area contributed by atoms with E-state index in [9.17, 15) is 35.5 Å². The Morgan fingerprint density at radius 3 is 2.18 bits per heavy atom. The molecule has 18 heteroatoms. The summed E-state index contributed by atoms with van der Waals surface area (Å²) in [6.45, 7) is -3.05. The van der Waals surface area contributed by atoms with Crippen LogP contribution in [0, 0.1) is 5.82 Å². The summed E-state index contributed by atoms with van der Waals surface area (Å²) in [5.74, 6) is -2.12. The Kier molecular flexibility index (Phi) is 13.5. The molecule has 1 aliphatic heterocycles. The van der Waals surface area contributed by atoms with Gasteiger partial charge in [-0.2, -0.15) is 26.3 Å². The fourth-order valence-electron chi connectivity index (χ4n) is 3.99. The normalized spacial score (nSPS) is 13.9. The molecule has 10 nitrogen and oxygen atoms in total. The molecule has 2 aromatic carbocycles. The van der Waals surface area contributed by atoms with E-state index in [4.69, 9.17) is 36.5 Å². The van der Waals surface area contributed by atoms with Crippen molar-refractivity contribution in [2.75, 3.05) is 16.8 Å². The average molecular weight is 666 g/mol. The molecule has 0 spiro atoms. The van der Waals surface area contributed by atoms with E-state index in [-0.39, 0.29) is 24.2 Å². The quantitative estimate of drug-likeness (QED) is 0.163. The Morgan fingerprint density at radius 2 is 1.62 bits per heavy atom. The largest absolute Gasteiger partial charge is 0.490 e. The minimum Gasteiger partial charge on any atom is -0.483 e. The van der Waals surface area contributed by atoms with Gasteiger partial charge in [0.15, 0.2) is 11.5 Å². The number of carboxylic acids is 1. The van der Waals surface area contributed by atoms with Crippen molar-refractivity contribution in [3.63, 3.8) is 0 Å². The number of benzene rings is 2. The van der Waals surface area contributed by atoms with Crippen LogP contribution in [0.1, 0.15) is 34.8 Å². The minimum atomic E-state index is -5.08. The first-order valence-corrected chi connectivity index (χ1v) is 12.8. The molecule has 45 heavy (non-hydrogen) atoms. The number of hydrogen-bond acceptors (Lipinski definition) is 6. The molecule has 1 saturated heterocycles. The van der Waals surface area contributed by atoms with Gasteiger partial charge in [-0.25, -0.2) is 18.7 Å². The lowest BCUT2D eigenvalue weighted by atomic mass is 10.0. The van der Waals surface area contributed by atoms with E-state index in [1.165, 1.54) is 12.1 Å². The van der Waals surface area contributed by atoms with Gasteiger partial charge in [0.25, 0.3) is 12.4 Å². The van der Waals surface area contributed by atoms with Crippen LogP contribution in [0.4, 0.5) is 42.4 Å². The fraction of sp³-hybridized carbons (Fsp3) is 0.222. The van der Waals surface area contributed by atoms with E-state index in [1.54, 1.807) is 35.0 Å². The summed E-state index contributed by atoms with van der Waals surface area (Å²) in [5.41, 5.74) is 2.07. The molecule has 5 rings (SSSR count). The Morgan fingerprint density at radius 1 is 1.04 bits per heavy atom. The Hall–Kier alpha value is -4.93. The maximum atomic E-state index is 13.3. The molecular formula is C27H23ClF7N5O5. The first kappa shape index (κ1) is 36.3. The Bertz CT molecular complexity index is 1570. The van der Waals surface area contributed by atoms with Gasteiger partial charge in [0, 0.05) is 6.54 Å². The number of aromatic nitrogens is 3. The van der Waals surface area contributed by atoms with Gasteiger partial charge in [-0.1, -0.05) is 35.9 Å². The second-order valence-electron chi connectivity index (χ2n) is 8.61. The zero-order valence-corrected chi connectivity index (χ0v) is 23.4. The van der Waals surface area contributed by atoms with E-state index >= 15 is 0 Å². The van der Waals surface area contributed by atoms with Crippen LogP contribution >= 0.6 is 11.6 Å². The highest BCUT2D eigenvalue weighted by Crippen LogP contribution is 2.35. The summed E-state index contributed by atoms with van der Waals surface area (Å²) in [7, 11) is 0. The van der Waals surface area contributed by atoms with Crippen molar-refractivity contribution in [2.24, 2.45) is 0 Å². The SMILES string of the molecule is FC(F)F.O=C(Nc1cn2nc(N3CCCC3c3ccc(F)cc3)ccc2n1)c1ccccc1Cl.O=C(O)C(F)(F)F.O=CO. The van der Waals surface area contributed by atoms with Gasteiger partial charge in [0.2, 0.25) is 0 Å². The van der Waals surface area contributed by atoms with Crippen LogP contribution in [0.2, 0.25) is 5.02 Å². The molecular weight excluding hydrogens is 643 g/mol. The molecule has 0 radical (unpaired) electrons. The van der Waals surface area contributed by atoms with Crippen molar-refractivity contribution in [3.05, 3.63) is 88.8 Å². The van der Waals surface area contributed by atoms with Gasteiger partial charge in [-0.05, 0) is 54.8 Å². The van der Waals surface area contributed by atoms with Crippen LogP contribution < -0.4 is 10.2 Å². The third-order valence-electron chi connectivity index (χ3n) is 5.71. The number of fused-ring (bicyclic) bond motifs is 1. The molecule has 0 bridgehead atoms. The lowest BCUT2D eigenvalue weighted by molar-refractivity contribution is -0.192. The molecule has 0 aliphatic carbocycles. The maximum Gasteiger partial charge on any atom is 0.490 e. The third-order valence-corrected chi connectivity index (χ3v) is 6.04. The molecule has 1 unspecified atom stereocenters. The number of anilines is 2. The summed E-state index contributed by atoms with van der Waals surface area (Å²) >= 11 is 6.11. The first-order chi connectivity index (χ1) is 21.2. The van der Waals surface area contributed by atoms with Crippen LogP contribution in [-0.4, -0.2) is 62.6 Å². The highest BCUT2D eigenvalue weighted by molar-refractivity contribution is 6.34. The standard InChI is InChI=1S/C23H19ClFN5O.C2HF3O2.CHF3.CH2O2/c24-18-5-2-1-4-17(18)23(31)27-20-14-30-21(26-20)11-12-22(28-30)29-13-3-6-19(29)15-7-9-16(25)10-8-15;3-2(4,5)1(6)7;2-1(3)4;2-1-3/h1-2,4-5,7-12,14,19H,3,6,13H2,(H,27,31);(H,6,7);1H;1H,(H,2,3). The molecule has 1 aliphatic rings. The average Bonchev–Trinajstić information content (AvgIpc) is 3.60. The van der Waals surface area contributed by atoms with Crippen molar-refractivity contribution >= 4 is 47.2 Å². The minimum absolute atomic E-state index is 0.147. The summed E-state index contributed by atoms with van der Waals surface area (Å²) < 4.78 is 75.7. The summed E-state index contributed by atoms with van der Waals surface area (Å²) in [4.78, 5) is 36.4. The van der Waals surface area contributed by atoms with Gasteiger partial charge >= 0.3 is 18.8 Å². The molecule has 1 atom stereocenters. The number of nitrogens with one attached hydrogen (secondary N) is 1. The zero-order valence-electron chi connectivity index (χ0n) is 22.6. The maximum absolute atomic E-state index is 13.3. The number of carbonyl (C=O) groups is 3. The molecule has 3 heterocycles. The van der Waals surface area contributed by atoms with E-state index in [1.807, 2.05) is 24.3 Å². The van der Waals surface area contributed by atoms with Gasteiger partial charge in [0.05, 0.1) is 22.8 Å². The van der Waals surface area contributed by atoms with E-state index in [0.717, 1.165) is 30.8 Å². The van der Waals surface area contributed by atoms with Gasteiger partial charge < -0.3 is 20.4 Å². The van der Waals surface area contributed by atoms with Crippen molar-refractivity contribution in [2.45, 2.75) is 31.7 Å². The van der Waals surface area contributed by atoms with Crippen LogP contribution in [0.5, 0.6) is 0 Å². The highest BCUT2D eigenvalue weighted by Gasteiger charge is 2.38. The smallest absolute Gasteiger partial charge is 0.483 e. The van der Waals surface area contributed by atoms with E-state index in [2.05, 4.69) is 15.2 Å². The first-order valence-electron chi connectivity index (χ1n) is 12.4. The monoisotopic (exact) mass is 665 g/mol. The van der Waals surface area contributed by atoms with Crippen molar-refractivity contribution in [1.29, 1.82) is 0 Å². The second-order valence-corrected chi connectivity index (χ2v) is 9.02. The number of hydrogen-bond donors (Lipinski definition) is 3. The number of alkyl halides is 6. The molecule has 3 N–H and O–H groups in total. The van der Waals surface area contributed by atoms with Crippen LogP contribution in [0.25, 0.3) is 5.65 Å². The fourth-order valence-corrected chi connectivity index (χ4v) is 4.21. The van der Waals surface area contributed by atoms with E-state index < -0.39 is 18.8 Å². The zero-order chi connectivity index (χ0) is 33.7. The molecule has 2 aromatic heterocycles. The van der Waals surface area contributed by atoms with Crippen molar-refractivity contribution in [3.8, 4) is 0 Å². The van der Waals surface area contributed by atoms with E-state index in [0.29, 0.717) is 22.1 Å². The van der Waals surface area contributed by atoms with Crippen LogP contribution in [0.15, 0.2) is 66.9 Å². The summed E-state index contributed by atoms with van der Waals surface area (Å²) in [6, 6.07) is 17.4. The number of carbonyl (C=O) groups excluding carboxylic acids is 1. The van der Waals surface area contributed by atoms with Crippen molar-refractivity contribution in [1.82, 2.24) is 14.6 Å². The number of rotatable bonds is 4. The van der Waals surface area contributed by atoms with Gasteiger partial charge in [-0.3, -0.25) is 9.59 Å². The molecule has 1 amide bonds. The summed E-state index contributed by atoms with van der Waals surface area (Å²) in [6.07, 6.45) is -1.39. The Labute approximate surface area is 254 Å². The predicted molar refractivity (Wildman–Crippen MR) is 148 cm³/mol.